The highest BCUT2D eigenvalue weighted by Gasteiger charge is 2.40. The highest BCUT2D eigenvalue weighted by Crippen LogP contribution is 2.49. The molecule has 0 aliphatic heterocycles. The Morgan fingerprint density at radius 1 is 1.57 bits per heavy atom. The summed E-state index contributed by atoms with van der Waals surface area (Å²) in [6.45, 7) is 2.44. The molecule has 0 N–H and O–H groups in total. The van der Waals surface area contributed by atoms with E-state index in [-0.39, 0.29) is 0 Å². The highest BCUT2D eigenvalue weighted by atomic mass is 79.9. The fraction of sp³-hybridized carbons (Fsp3) is 0.667. The van der Waals surface area contributed by atoms with Crippen LogP contribution in [0.15, 0.2) is 17.5 Å². The number of hydrogen-bond donors (Lipinski definition) is 0. The molecule has 14 heavy (non-hydrogen) atoms. The summed E-state index contributed by atoms with van der Waals surface area (Å²) < 4.78 is 0. The van der Waals surface area contributed by atoms with Crippen LogP contribution in [-0.2, 0) is 6.42 Å². The van der Waals surface area contributed by atoms with Crippen LogP contribution < -0.4 is 0 Å². The predicted octanol–water partition coefficient (Wildman–Crippen LogP) is 4.49. The lowest BCUT2D eigenvalue weighted by molar-refractivity contribution is 0.295. The molecule has 78 valence electrons. The largest absolute Gasteiger partial charge is 0.149 e. The van der Waals surface area contributed by atoms with Crippen molar-refractivity contribution in [2.24, 2.45) is 11.3 Å². The first kappa shape index (κ1) is 10.7. The first-order chi connectivity index (χ1) is 6.74. The first-order valence-electron chi connectivity index (χ1n) is 5.33. The highest BCUT2D eigenvalue weighted by molar-refractivity contribution is 9.09. The van der Waals surface area contributed by atoms with E-state index in [0.717, 1.165) is 11.2 Å². The van der Waals surface area contributed by atoms with Crippen molar-refractivity contribution in [1.29, 1.82) is 0 Å². The number of rotatable bonds is 5. The summed E-state index contributed by atoms with van der Waals surface area (Å²) >= 11 is 5.57. The van der Waals surface area contributed by atoms with E-state index in [2.05, 4.69) is 40.4 Å². The van der Waals surface area contributed by atoms with Crippen molar-refractivity contribution in [1.82, 2.24) is 0 Å². The van der Waals surface area contributed by atoms with E-state index >= 15 is 0 Å². The third-order valence-electron chi connectivity index (χ3n) is 3.39. The Morgan fingerprint density at radius 2 is 2.36 bits per heavy atom. The second-order valence-electron chi connectivity index (χ2n) is 4.64. The summed E-state index contributed by atoms with van der Waals surface area (Å²) in [7, 11) is 0. The topological polar surface area (TPSA) is 0 Å². The summed E-state index contributed by atoms with van der Waals surface area (Å²) in [5.41, 5.74) is 0.546. The summed E-state index contributed by atoms with van der Waals surface area (Å²) in [4.78, 5) is 1.54. The van der Waals surface area contributed by atoms with Crippen LogP contribution in [0.4, 0.5) is 0 Å². The van der Waals surface area contributed by atoms with Gasteiger partial charge in [0.1, 0.15) is 0 Å². The standard InChI is InChI=1S/C12H17BrS/c1-12(9-13,10-4-5-10)7-6-11-3-2-8-14-11/h2-3,8,10H,4-7,9H2,1H3. The molecule has 1 aromatic heterocycles. The molecule has 1 fully saturated rings. The van der Waals surface area contributed by atoms with E-state index < -0.39 is 0 Å². The molecular weight excluding hydrogens is 256 g/mol. The van der Waals surface area contributed by atoms with Crippen molar-refractivity contribution in [3.63, 3.8) is 0 Å². The van der Waals surface area contributed by atoms with E-state index in [1.54, 1.807) is 0 Å². The van der Waals surface area contributed by atoms with Gasteiger partial charge in [-0.2, -0.15) is 0 Å². The van der Waals surface area contributed by atoms with E-state index in [9.17, 15) is 0 Å². The van der Waals surface area contributed by atoms with E-state index in [1.165, 1.54) is 30.6 Å². The maximum Gasteiger partial charge on any atom is 0.00880 e. The maximum atomic E-state index is 3.68. The van der Waals surface area contributed by atoms with Crippen LogP contribution in [-0.4, -0.2) is 5.33 Å². The molecule has 0 saturated heterocycles. The molecule has 0 aromatic carbocycles. The molecule has 0 nitrogen and oxygen atoms in total. The fourth-order valence-corrected chi connectivity index (χ4v) is 3.47. The van der Waals surface area contributed by atoms with Gasteiger partial charge >= 0.3 is 0 Å². The summed E-state index contributed by atoms with van der Waals surface area (Å²) in [5, 5.41) is 3.34. The Bertz CT molecular complexity index is 277. The average molecular weight is 273 g/mol. The molecule has 1 unspecified atom stereocenters. The molecule has 1 heterocycles. The number of halogens is 1. The molecule has 0 radical (unpaired) electrons. The van der Waals surface area contributed by atoms with Gasteiger partial charge in [0.05, 0.1) is 0 Å². The number of thiophene rings is 1. The molecule has 0 amide bonds. The number of alkyl halides is 1. The van der Waals surface area contributed by atoms with Gasteiger partial charge in [-0.15, -0.1) is 11.3 Å². The van der Waals surface area contributed by atoms with Gasteiger partial charge in [0.15, 0.2) is 0 Å². The lowest BCUT2D eigenvalue weighted by Gasteiger charge is -2.27. The molecule has 1 saturated carbocycles. The Kier molecular flexibility index (Phi) is 3.33. The molecule has 0 spiro atoms. The SMILES string of the molecule is CC(CBr)(CCc1cccs1)C1CC1. The zero-order chi connectivity index (χ0) is 10.0. The van der Waals surface area contributed by atoms with Crippen LogP contribution in [0.5, 0.6) is 0 Å². The van der Waals surface area contributed by atoms with Crippen LogP contribution in [0.2, 0.25) is 0 Å². The van der Waals surface area contributed by atoms with Gasteiger partial charge in [0.25, 0.3) is 0 Å². The average Bonchev–Trinajstić information content (AvgIpc) is 2.94. The van der Waals surface area contributed by atoms with Crippen molar-refractivity contribution in [2.75, 3.05) is 5.33 Å². The molecule has 2 heteroatoms. The minimum atomic E-state index is 0.546. The predicted molar refractivity (Wildman–Crippen MR) is 67.3 cm³/mol. The Morgan fingerprint density at radius 3 is 2.86 bits per heavy atom. The Hall–Kier alpha value is 0.180. The van der Waals surface area contributed by atoms with Crippen LogP contribution in [0, 0.1) is 11.3 Å². The van der Waals surface area contributed by atoms with Gasteiger partial charge in [-0.05, 0) is 48.5 Å². The van der Waals surface area contributed by atoms with Gasteiger partial charge in [0.2, 0.25) is 0 Å². The third-order valence-corrected chi connectivity index (χ3v) is 5.61. The molecule has 0 bridgehead atoms. The fourth-order valence-electron chi connectivity index (χ4n) is 2.02. The molecule has 1 aliphatic rings. The molecule has 2 rings (SSSR count). The van der Waals surface area contributed by atoms with Gasteiger partial charge < -0.3 is 0 Å². The normalized spacial score (nSPS) is 20.7. The zero-order valence-electron chi connectivity index (χ0n) is 8.63. The quantitative estimate of drug-likeness (QED) is 0.693. The molecule has 1 aliphatic carbocycles. The van der Waals surface area contributed by atoms with Gasteiger partial charge in [-0.25, -0.2) is 0 Å². The third kappa shape index (κ3) is 2.40. The lowest BCUT2D eigenvalue weighted by Crippen LogP contribution is -2.21. The van der Waals surface area contributed by atoms with Crippen LogP contribution in [0.1, 0.15) is 31.1 Å². The van der Waals surface area contributed by atoms with E-state index in [0.29, 0.717) is 5.41 Å². The monoisotopic (exact) mass is 272 g/mol. The Labute approximate surface area is 98.9 Å². The van der Waals surface area contributed by atoms with Crippen LogP contribution in [0.25, 0.3) is 0 Å². The minimum Gasteiger partial charge on any atom is -0.149 e. The minimum absolute atomic E-state index is 0.546. The summed E-state index contributed by atoms with van der Waals surface area (Å²) in [5.74, 6) is 0.988. The second-order valence-corrected chi connectivity index (χ2v) is 6.23. The van der Waals surface area contributed by atoms with Crippen molar-refractivity contribution in [2.45, 2.75) is 32.6 Å². The molecular formula is C12H17BrS. The van der Waals surface area contributed by atoms with Gasteiger partial charge in [0, 0.05) is 10.2 Å². The number of aryl methyl sites for hydroxylation is 1. The van der Waals surface area contributed by atoms with E-state index in [1.807, 2.05) is 11.3 Å². The smallest absolute Gasteiger partial charge is 0.00880 e. The van der Waals surface area contributed by atoms with Crippen molar-refractivity contribution < 1.29 is 0 Å². The van der Waals surface area contributed by atoms with E-state index in [4.69, 9.17) is 0 Å². The molecule has 1 aromatic rings. The Balaban J connectivity index is 1.89. The summed E-state index contributed by atoms with van der Waals surface area (Å²) in [6, 6.07) is 4.41. The van der Waals surface area contributed by atoms with Crippen LogP contribution in [0.3, 0.4) is 0 Å². The molecule has 1 atom stereocenters. The van der Waals surface area contributed by atoms with Gasteiger partial charge in [-0.1, -0.05) is 28.9 Å². The maximum absolute atomic E-state index is 3.68. The van der Waals surface area contributed by atoms with Crippen molar-refractivity contribution in [3.05, 3.63) is 22.4 Å². The van der Waals surface area contributed by atoms with Crippen LogP contribution >= 0.6 is 27.3 Å². The first-order valence-corrected chi connectivity index (χ1v) is 7.33. The summed E-state index contributed by atoms with van der Waals surface area (Å²) in [6.07, 6.45) is 5.50. The zero-order valence-corrected chi connectivity index (χ0v) is 11.0. The van der Waals surface area contributed by atoms with Crippen molar-refractivity contribution in [3.8, 4) is 0 Å². The lowest BCUT2D eigenvalue weighted by atomic mass is 9.82. The van der Waals surface area contributed by atoms with Crippen molar-refractivity contribution >= 4 is 27.3 Å². The van der Waals surface area contributed by atoms with Gasteiger partial charge in [-0.3, -0.25) is 0 Å². The number of hydrogen-bond acceptors (Lipinski definition) is 1. The second kappa shape index (κ2) is 4.36.